The van der Waals surface area contributed by atoms with Gasteiger partial charge in [0.1, 0.15) is 5.75 Å². The van der Waals surface area contributed by atoms with Crippen molar-refractivity contribution in [1.82, 2.24) is 0 Å². The van der Waals surface area contributed by atoms with Crippen LogP contribution in [0.1, 0.15) is 12.0 Å². The van der Waals surface area contributed by atoms with Crippen molar-refractivity contribution in [3.8, 4) is 5.75 Å². The molecule has 2 aromatic rings. The molecule has 0 spiro atoms. The standard InChI is InChI=1S/C18H20N2O4S/c1-14-6-2-3-9-17(14)24-13-18(21)19-15-7-4-8-16(12-15)20-10-5-11-25(20,22)23/h2-4,6-9,12H,5,10-11,13H2,1H3,(H,19,21). The summed E-state index contributed by atoms with van der Waals surface area (Å²) < 4.78 is 30.9. The number of nitrogens with zero attached hydrogens (tertiary/aromatic N) is 1. The normalized spacial score (nSPS) is 15.8. The fourth-order valence-corrected chi connectivity index (χ4v) is 4.28. The summed E-state index contributed by atoms with van der Waals surface area (Å²) >= 11 is 0. The van der Waals surface area contributed by atoms with Crippen molar-refractivity contribution >= 4 is 27.3 Å². The van der Waals surface area contributed by atoms with Crippen LogP contribution >= 0.6 is 0 Å². The fourth-order valence-electron chi connectivity index (χ4n) is 2.73. The Bertz CT molecular complexity index is 880. The third-order valence-electron chi connectivity index (χ3n) is 3.97. The van der Waals surface area contributed by atoms with Crippen LogP contribution in [-0.4, -0.2) is 33.2 Å². The quantitative estimate of drug-likeness (QED) is 0.889. The highest BCUT2D eigenvalue weighted by molar-refractivity contribution is 7.93. The van der Waals surface area contributed by atoms with Gasteiger partial charge in [-0.2, -0.15) is 0 Å². The molecule has 1 amide bonds. The van der Waals surface area contributed by atoms with E-state index in [-0.39, 0.29) is 18.3 Å². The Labute approximate surface area is 147 Å². The van der Waals surface area contributed by atoms with Gasteiger partial charge in [-0.1, -0.05) is 24.3 Å². The molecule has 0 atom stereocenters. The van der Waals surface area contributed by atoms with E-state index in [9.17, 15) is 13.2 Å². The Morgan fingerprint density at radius 1 is 1.20 bits per heavy atom. The average Bonchev–Trinajstić information content (AvgIpc) is 2.93. The van der Waals surface area contributed by atoms with E-state index in [0.29, 0.717) is 30.1 Å². The van der Waals surface area contributed by atoms with Gasteiger partial charge in [-0.3, -0.25) is 9.10 Å². The molecule has 1 aliphatic rings. The molecule has 0 radical (unpaired) electrons. The molecule has 1 N–H and O–H groups in total. The van der Waals surface area contributed by atoms with Gasteiger partial charge >= 0.3 is 0 Å². The van der Waals surface area contributed by atoms with E-state index < -0.39 is 10.0 Å². The molecule has 6 nitrogen and oxygen atoms in total. The number of nitrogens with one attached hydrogen (secondary N) is 1. The van der Waals surface area contributed by atoms with Crippen LogP contribution in [0.15, 0.2) is 48.5 Å². The van der Waals surface area contributed by atoms with Gasteiger partial charge in [0, 0.05) is 12.2 Å². The second-order valence-corrected chi connectivity index (χ2v) is 7.91. The van der Waals surface area contributed by atoms with Crippen LogP contribution in [0.4, 0.5) is 11.4 Å². The highest BCUT2D eigenvalue weighted by Crippen LogP contribution is 2.26. The molecule has 3 rings (SSSR count). The molecule has 1 saturated heterocycles. The van der Waals surface area contributed by atoms with Gasteiger partial charge in [-0.05, 0) is 43.2 Å². The van der Waals surface area contributed by atoms with Crippen LogP contribution in [0.3, 0.4) is 0 Å². The predicted molar refractivity (Wildman–Crippen MR) is 97.5 cm³/mol. The zero-order valence-electron chi connectivity index (χ0n) is 13.9. The number of carbonyl (C=O) groups excluding carboxylic acids is 1. The molecule has 1 heterocycles. The zero-order valence-corrected chi connectivity index (χ0v) is 14.8. The van der Waals surface area contributed by atoms with Gasteiger partial charge in [0.15, 0.2) is 6.61 Å². The molecule has 1 fully saturated rings. The number of para-hydroxylation sites is 1. The predicted octanol–water partition coefficient (Wildman–Crippen LogP) is 2.55. The fraction of sp³-hybridized carbons (Fsp3) is 0.278. The first-order valence-corrected chi connectivity index (χ1v) is 9.65. The monoisotopic (exact) mass is 360 g/mol. The van der Waals surface area contributed by atoms with E-state index in [0.717, 1.165) is 5.56 Å². The van der Waals surface area contributed by atoms with Crippen LogP contribution < -0.4 is 14.4 Å². The summed E-state index contributed by atoms with van der Waals surface area (Å²) in [5.74, 6) is 0.521. The number of aryl methyl sites for hydroxylation is 1. The number of carbonyl (C=O) groups is 1. The maximum absolute atomic E-state index is 12.1. The maximum atomic E-state index is 12.1. The van der Waals surface area contributed by atoms with Crippen LogP contribution in [0.25, 0.3) is 0 Å². The summed E-state index contributed by atoms with van der Waals surface area (Å²) in [4.78, 5) is 12.1. The number of amides is 1. The van der Waals surface area contributed by atoms with Gasteiger partial charge in [-0.25, -0.2) is 8.42 Å². The van der Waals surface area contributed by atoms with Crippen molar-refractivity contribution in [2.24, 2.45) is 0 Å². The maximum Gasteiger partial charge on any atom is 0.262 e. The Balaban J connectivity index is 1.64. The van der Waals surface area contributed by atoms with Gasteiger partial charge in [0.05, 0.1) is 11.4 Å². The molecule has 0 aliphatic carbocycles. The molecular weight excluding hydrogens is 340 g/mol. The summed E-state index contributed by atoms with van der Waals surface area (Å²) in [6, 6.07) is 14.3. The summed E-state index contributed by atoms with van der Waals surface area (Å²) in [5.41, 5.74) is 2.06. The van der Waals surface area contributed by atoms with Crippen LogP contribution in [0.5, 0.6) is 5.75 Å². The highest BCUT2D eigenvalue weighted by atomic mass is 32.2. The van der Waals surface area contributed by atoms with Gasteiger partial charge in [0.25, 0.3) is 5.91 Å². The lowest BCUT2D eigenvalue weighted by Gasteiger charge is -2.18. The van der Waals surface area contributed by atoms with Crippen molar-refractivity contribution in [3.63, 3.8) is 0 Å². The van der Waals surface area contributed by atoms with Crippen molar-refractivity contribution in [2.45, 2.75) is 13.3 Å². The molecular formula is C18H20N2O4S. The first kappa shape index (κ1) is 17.3. The molecule has 132 valence electrons. The van der Waals surface area contributed by atoms with E-state index in [1.54, 1.807) is 24.3 Å². The number of benzene rings is 2. The molecule has 0 aromatic heterocycles. The lowest BCUT2D eigenvalue weighted by molar-refractivity contribution is -0.118. The van der Waals surface area contributed by atoms with Crippen molar-refractivity contribution in [3.05, 3.63) is 54.1 Å². The number of ether oxygens (including phenoxy) is 1. The number of sulfonamides is 1. The van der Waals surface area contributed by atoms with Crippen LogP contribution in [0.2, 0.25) is 0 Å². The smallest absolute Gasteiger partial charge is 0.262 e. The summed E-state index contributed by atoms with van der Waals surface area (Å²) in [5, 5.41) is 2.74. The van der Waals surface area contributed by atoms with E-state index in [2.05, 4.69) is 5.32 Å². The number of anilines is 2. The minimum absolute atomic E-state index is 0.114. The molecule has 0 bridgehead atoms. The van der Waals surface area contributed by atoms with E-state index in [1.165, 1.54) is 4.31 Å². The number of hydrogen-bond acceptors (Lipinski definition) is 4. The number of hydrogen-bond donors (Lipinski definition) is 1. The van der Waals surface area contributed by atoms with E-state index >= 15 is 0 Å². The van der Waals surface area contributed by atoms with Gasteiger partial charge in [0.2, 0.25) is 10.0 Å². The molecule has 2 aromatic carbocycles. The van der Waals surface area contributed by atoms with Gasteiger partial charge in [-0.15, -0.1) is 0 Å². The van der Waals surface area contributed by atoms with Crippen molar-refractivity contribution < 1.29 is 17.9 Å². The number of rotatable bonds is 5. The third kappa shape index (κ3) is 4.11. The summed E-state index contributed by atoms with van der Waals surface area (Å²) in [7, 11) is -3.24. The third-order valence-corrected chi connectivity index (χ3v) is 5.84. The molecule has 0 saturated carbocycles. The van der Waals surface area contributed by atoms with E-state index in [4.69, 9.17) is 4.74 Å². The molecule has 7 heteroatoms. The lowest BCUT2D eigenvalue weighted by atomic mass is 10.2. The minimum Gasteiger partial charge on any atom is -0.483 e. The molecule has 0 unspecified atom stereocenters. The average molecular weight is 360 g/mol. The van der Waals surface area contributed by atoms with Crippen molar-refractivity contribution in [1.29, 1.82) is 0 Å². The molecule has 25 heavy (non-hydrogen) atoms. The lowest BCUT2D eigenvalue weighted by Crippen LogP contribution is -2.25. The summed E-state index contributed by atoms with van der Waals surface area (Å²) in [6.45, 7) is 2.26. The molecule has 1 aliphatic heterocycles. The first-order chi connectivity index (χ1) is 12.0. The Kier molecular flexibility index (Phi) is 4.94. The second-order valence-electron chi connectivity index (χ2n) is 5.89. The zero-order chi connectivity index (χ0) is 17.9. The highest BCUT2D eigenvalue weighted by Gasteiger charge is 2.28. The largest absolute Gasteiger partial charge is 0.483 e. The summed E-state index contributed by atoms with van der Waals surface area (Å²) in [6.07, 6.45) is 0.614. The SMILES string of the molecule is Cc1ccccc1OCC(=O)Nc1cccc(N2CCCS2(=O)=O)c1. The second kappa shape index (κ2) is 7.14. The van der Waals surface area contributed by atoms with Crippen LogP contribution in [-0.2, 0) is 14.8 Å². The van der Waals surface area contributed by atoms with Gasteiger partial charge < -0.3 is 10.1 Å². The minimum atomic E-state index is -3.24. The van der Waals surface area contributed by atoms with Crippen molar-refractivity contribution in [2.75, 3.05) is 28.5 Å². The first-order valence-electron chi connectivity index (χ1n) is 8.04. The Hall–Kier alpha value is -2.54. The van der Waals surface area contributed by atoms with E-state index in [1.807, 2.05) is 31.2 Å². The Morgan fingerprint density at radius 2 is 2.00 bits per heavy atom. The van der Waals surface area contributed by atoms with Crippen LogP contribution in [0, 0.1) is 6.92 Å². The topological polar surface area (TPSA) is 75.7 Å². The Morgan fingerprint density at radius 3 is 2.72 bits per heavy atom.